The van der Waals surface area contributed by atoms with Crippen molar-refractivity contribution in [2.75, 3.05) is 13.7 Å². The SMILES string of the molecule is CCCCC(CC)COc1cc(/C=C/c2ccc(I)s2)c(OC)cc1/C=C/c1ccc(I)s1. The number of methoxy groups -OCH3 is 1. The molecule has 0 saturated carbocycles. The monoisotopic (exact) mass is 704 g/mol. The molecule has 176 valence electrons. The topological polar surface area (TPSA) is 18.5 Å². The number of unbranched alkanes of at least 4 members (excludes halogenated alkanes) is 1. The number of ether oxygens (including phenoxy) is 2. The Bertz CT molecular complexity index is 1080. The number of hydrogen-bond acceptors (Lipinski definition) is 4. The van der Waals surface area contributed by atoms with Crippen molar-refractivity contribution in [1.82, 2.24) is 0 Å². The van der Waals surface area contributed by atoms with Gasteiger partial charge in [0.1, 0.15) is 11.5 Å². The number of thiophene rings is 2. The predicted octanol–water partition coefficient (Wildman–Crippen LogP) is 9.96. The van der Waals surface area contributed by atoms with Crippen LogP contribution in [0.1, 0.15) is 60.4 Å². The van der Waals surface area contributed by atoms with Crippen molar-refractivity contribution in [2.24, 2.45) is 5.92 Å². The Morgan fingerprint density at radius 2 is 1.42 bits per heavy atom. The van der Waals surface area contributed by atoms with Crippen LogP contribution in [0.25, 0.3) is 24.3 Å². The summed E-state index contributed by atoms with van der Waals surface area (Å²) in [5.41, 5.74) is 2.07. The fourth-order valence-electron chi connectivity index (χ4n) is 3.44. The molecule has 0 spiro atoms. The largest absolute Gasteiger partial charge is 0.496 e. The molecule has 1 unspecified atom stereocenters. The minimum Gasteiger partial charge on any atom is -0.496 e. The number of halogens is 2. The van der Waals surface area contributed by atoms with Crippen molar-refractivity contribution in [3.63, 3.8) is 0 Å². The van der Waals surface area contributed by atoms with E-state index in [4.69, 9.17) is 9.47 Å². The van der Waals surface area contributed by atoms with Gasteiger partial charge in [-0.1, -0.05) is 33.1 Å². The maximum absolute atomic E-state index is 6.44. The second kappa shape index (κ2) is 13.9. The van der Waals surface area contributed by atoms with Gasteiger partial charge in [-0.25, -0.2) is 0 Å². The minimum atomic E-state index is 0.579. The van der Waals surface area contributed by atoms with Gasteiger partial charge in [0, 0.05) is 20.9 Å². The smallest absolute Gasteiger partial charge is 0.127 e. The molecule has 0 saturated heterocycles. The Labute approximate surface area is 233 Å². The van der Waals surface area contributed by atoms with Gasteiger partial charge >= 0.3 is 0 Å². The summed E-state index contributed by atoms with van der Waals surface area (Å²) in [7, 11) is 1.73. The molecule has 0 N–H and O–H groups in total. The molecule has 33 heavy (non-hydrogen) atoms. The first-order valence-electron chi connectivity index (χ1n) is 11.2. The van der Waals surface area contributed by atoms with Crippen LogP contribution < -0.4 is 9.47 Å². The molecule has 3 rings (SSSR count). The molecule has 0 aliphatic heterocycles. The van der Waals surface area contributed by atoms with Gasteiger partial charge in [-0.05, 0) is 118 Å². The van der Waals surface area contributed by atoms with E-state index in [0.29, 0.717) is 5.92 Å². The summed E-state index contributed by atoms with van der Waals surface area (Å²) >= 11 is 8.28. The standard InChI is InChI=1S/C27H30I2O2S2/c1-4-6-7-19(5-2)18-31-25-17-20(8-10-22-12-14-26(28)32-22)24(30-3)16-21(25)9-11-23-13-15-27(29)33-23/h8-17,19H,4-7,18H2,1-3H3/b10-8+,11-9+. The maximum atomic E-state index is 6.44. The van der Waals surface area contributed by atoms with Gasteiger partial charge in [0.25, 0.3) is 0 Å². The molecule has 0 radical (unpaired) electrons. The van der Waals surface area contributed by atoms with Crippen LogP contribution in [0.15, 0.2) is 36.4 Å². The number of benzene rings is 1. The molecule has 0 aliphatic rings. The molecule has 2 heterocycles. The highest BCUT2D eigenvalue weighted by Crippen LogP contribution is 2.33. The molecule has 6 heteroatoms. The zero-order valence-corrected chi connectivity index (χ0v) is 25.2. The molecule has 3 aromatic rings. The van der Waals surface area contributed by atoms with Gasteiger partial charge in [0.2, 0.25) is 0 Å². The van der Waals surface area contributed by atoms with Crippen LogP contribution in [0.4, 0.5) is 0 Å². The Balaban J connectivity index is 1.91. The number of hydrogen-bond donors (Lipinski definition) is 0. The zero-order valence-electron chi connectivity index (χ0n) is 19.3. The average molecular weight is 704 g/mol. The summed E-state index contributed by atoms with van der Waals surface area (Å²) in [4.78, 5) is 2.46. The van der Waals surface area contributed by atoms with Gasteiger partial charge in [-0.15, -0.1) is 22.7 Å². The Kier molecular flexibility index (Phi) is 11.3. The quantitative estimate of drug-likeness (QED) is 0.175. The fourth-order valence-corrected chi connectivity index (χ4v) is 6.59. The van der Waals surface area contributed by atoms with Gasteiger partial charge in [0.05, 0.1) is 19.5 Å². The summed E-state index contributed by atoms with van der Waals surface area (Å²) in [6.45, 7) is 5.25. The van der Waals surface area contributed by atoms with E-state index in [1.54, 1.807) is 29.8 Å². The van der Waals surface area contributed by atoms with Gasteiger partial charge in [-0.2, -0.15) is 0 Å². The summed E-state index contributed by atoms with van der Waals surface area (Å²) in [5.74, 6) is 2.34. The highest BCUT2D eigenvalue weighted by atomic mass is 127. The summed E-state index contributed by atoms with van der Waals surface area (Å²) in [5, 5.41) is 0. The van der Waals surface area contributed by atoms with Gasteiger partial charge in [-0.3, -0.25) is 0 Å². The average Bonchev–Trinajstić information content (AvgIpc) is 3.44. The molecule has 2 aromatic heterocycles. The van der Waals surface area contributed by atoms with Crippen LogP contribution in [-0.2, 0) is 0 Å². The van der Waals surface area contributed by atoms with Crippen LogP contribution in [0.5, 0.6) is 11.5 Å². The van der Waals surface area contributed by atoms with Crippen LogP contribution >= 0.6 is 67.9 Å². The first-order valence-corrected chi connectivity index (χ1v) is 15.0. The summed E-state index contributed by atoms with van der Waals surface area (Å²) in [6.07, 6.45) is 13.4. The Morgan fingerprint density at radius 1 is 0.848 bits per heavy atom. The molecule has 1 aromatic carbocycles. The Morgan fingerprint density at radius 3 is 1.91 bits per heavy atom. The molecule has 2 nitrogen and oxygen atoms in total. The molecule has 0 fully saturated rings. The van der Waals surface area contributed by atoms with Crippen LogP contribution in [-0.4, -0.2) is 13.7 Å². The molecule has 0 bridgehead atoms. The van der Waals surface area contributed by atoms with Crippen LogP contribution in [0.3, 0.4) is 0 Å². The first kappa shape index (κ1) is 26.8. The van der Waals surface area contributed by atoms with Crippen molar-refractivity contribution in [3.8, 4) is 11.5 Å². The van der Waals surface area contributed by atoms with Crippen molar-refractivity contribution in [1.29, 1.82) is 0 Å². The van der Waals surface area contributed by atoms with E-state index in [1.807, 2.05) is 0 Å². The lowest BCUT2D eigenvalue weighted by Crippen LogP contribution is -2.12. The van der Waals surface area contributed by atoms with Gasteiger partial charge < -0.3 is 9.47 Å². The maximum Gasteiger partial charge on any atom is 0.127 e. The first-order chi connectivity index (χ1) is 16.0. The summed E-state index contributed by atoms with van der Waals surface area (Å²) in [6, 6.07) is 12.8. The fraction of sp³-hybridized carbons (Fsp3) is 0.333. The molecular weight excluding hydrogens is 674 g/mol. The van der Waals surface area contributed by atoms with Crippen molar-refractivity contribution in [2.45, 2.75) is 39.5 Å². The third-order valence-electron chi connectivity index (χ3n) is 5.42. The predicted molar refractivity (Wildman–Crippen MR) is 164 cm³/mol. The van der Waals surface area contributed by atoms with E-state index >= 15 is 0 Å². The second-order valence-corrected chi connectivity index (χ2v) is 13.8. The van der Waals surface area contributed by atoms with E-state index < -0.39 is 0 Å². The highest BCUT2D eigenvalue weighted by molar-refractivity contribution is 14.1. The van der Waals surface area contributed by atoms with Crippen molar-refractivity contribution >= 4 is 92.2 Å². The normalized spacial score (nSPS) is 12.6. The van der Waals surface area contributed by atoms with E-state index in [9.17, 15) is 0 Å². The van der Waals surface area contributed by atoms with Gasteiger partial charge in [0.15, 0.2) is 0 Å². The lowest BCUT2D eigenvalue weighted by molar-refractivity contribution is 0.232. The number of rotatable bonds is 12. The van der Waals surface area contributed by atoms with Crippen LogP contribution in [0, 0.1) is 11.7 Å². The minimum absolute atomic E-state index is 0.579. The molecular formula is C27H30I2O2S2. The zero-order chi connectivity index (χ0) is 23.6. The lowest BCUT2D eigenvalue weighted by Gasteiger charge is -2.18. The van der Waals surface area contributed by atoms with E-state index in [0.717, 1.165) is 35.7 Å². The third kappa shape index (κ3) is 8.40. The molecule has 0 amide bonds. The second-order valence-electron chi connectivity index (χ2n) is 7.81. The van der Waals surface area contributed by atoms with E-state index in [1.165, 1.54) is 34.8 Å². The molecule has 0 aliphatic carbocycles. The lowest BCUT2D eigenvalue weighted by atomic mass is 10.0. The van der Waals surface area contributed by atoms with Crippen molar-refractivity contribution in [3.05, 3.63) is 63.0 Å². The Hall–Kier alpha value is -0.840. The van der Waals surface area contributed by atoms with Crippen molar-refractivity contribution < 1.29 is 9.47 Å². The highest BCUT2D eigenvalue weighted by Gasteiger charge is 2.12. The summed E-state index contributed by atoms with van der Waals surface area (Å²) < 4.78 is 14.8. The van der Waals surface area contributed by atoms with E-state index in [-0.39, 0.29) is 0 Å². The molecule has 1 atom stereocenters. The third-order valence-corrected chi connectivity index (χ3v) is 9.14. The van der Waals surface area contributed by atoms with E-state index in [2.05, 4.69) is 120 Å². The van der Waals surface area contributed by atoms with Crippen LogP contribution in [0.2, 0.25) is 0 Å².